The lowest BCUT2D eigenvalue weighted by Gasteiger charge is -2.24. The van der Waals surface area contributed by atoms with E-state index in [4.69, 9.17) is 0 Å². The number of carbonyl (C=O) groups excluding carboxylic acids is 1. The Bertz CT molecular complexity index is 879. The summed E-state index contributed by atoms with van der Waals surface area (Å²) in [4.78, 5) is 18.1. The predicted molar refractivity (Wildman–Crippen MR) is 109 cm³/mol. The Hall–Kier alpha value is -2.64. The summed E-state index contributed by atoms with van der Waals surface area (Å²) >= 11 is 0. The molecule has 1 amide bonds. The molecule has 0 saturated heterocycles. The fourth-order valence-corrected chi connectivity index (χ4v) is 3.18. The predicted octanol–water partition coefficient (Wildman–Crippen LogP) is 5.07. The number of rotatable bonds is 8. The average Bonchev–Trinajstić information content (AvgIpc) is 2.72. The summed E-state index contributed by atoms with van der Waals surface area (Å²) in [5.41, 5.74) is 0.627. The molecule has 1 atom stereocenters. The van der Waals surface area contributed by atoms with E-state index in [-0.39, 0.29) is 24.1 Å². The van der Waals surface area contributed by atoms with Gasteiger partial charge in [0.05, 0.1) is 5.92 Å². The van der Waals surface area contributed by atoms with Gasteiger partial charge in [-0.25, -0.2) is 9.37 Å². The highest BCUT2D eigenvalue weighted by atomic mass is 19.4. The lowest BCUT2D eigenvalue weighted by Crippen LogP contribution is -2.30. The Balaban J connectivity index is 2.21. The zero-order valence-corrected chi connectivity index (χ0v) is 17.6. The van der Waals surface area contributed by atoms with Gasteiger partial charge < -0.3 is 10.2 Å². The third kappa shape index (κ3) is 5.49. The van der Waals surface area contributed by atoms with Crippen molar-refractivity contribution in [3.63, 3.8) is 0 Å². The minimum Gasteiger partial charge on any atom is -0.357 e. The molecule has 0 radical (unpaired) electrons. The minimum absolute atomic E-state index is 0.0235. The third-order valence-corrected chi connectivity index (χ3v) is 5.11. The minimum atomic E-state index is -4.55. The number of benzene rings is 1. The van der Waals surface area contributed by atoms with E-state index in [1.807, 2.05) is 20.8 Å². The van der Waals surface area contributed by atoms with Crippen LogP contribution in [-0.2, 0) is 23.9 Å². The van der Waals surface area contributed by atoms with Crippen LogP contribution in [0.15, 0.2) is 30.3 Å². The quantitative estimate of drug-likeness (QED) is 0.601. The fourth-order valence-electron chi connectivity index (χ4n) is 3.18. The second kappa shape index (κ2) is 9.91. The van der Waals surface area contributed by atoms with Crippen LogP contribution in [0.4, 0.5) is 23.4 Å². The molecule has 0 bridgehead atoms. The standard InChI is InChI=1S/C22H27F4N3O/c1-5-15-8-9-16(12-18(15)23)14(4)21(30)27-13-17-10-11-19(22(24,25)26)28-20(17)29(6-2)7-3/h8-12,14H,5-7,13H2,1-4H3,(H,27,30). The van der Waals surface area contributed by atoms with Gasteiger partial charge in [0.15, 0.2) is 0 Å². The van der Waals surface area contributed by atoms with Gasteiger partial charge in [0.2, 0.25) is 5.91 Å². The first-order valence-corrected chi connectivity index (χ1v) is 10.00. The number of aromatic nitrogens is 1. The number of nitrogens with one attached hydrogen (secondary N) is 1. The summed E-state index contributed by atoms with van der Waals surface area (Å²) in [6.07, 6.45) is -3.99. The van der Waals surface area contributed by atoms with Gasteiger partial charge >= 0.3 is 6.18 Å². The second-order valence-corrected chi connectivity index (χ2v) is 6.99. The van der Waals surface area contributed by atoms with Crippen LogP contribution in [-0.4, -0.2) is 24.0 Å². The topological polar surface area (TPSA) is 45.2 Å². The zero-order chi connectivity index (χ0) is 22.5. The van der Waals surface area contributed by atoms with Crippen molar-refractivity contribution in [3.05, 3.63) is 58.5 Å². The number of pyridine rings is 1. The lowest BCUT2D eigenvalue weighted by molar-refractivity contribution is -0.141. The summed E-state index contributed by atoms with van der Waals surface area (Å²) in [6, 6.07) is 6.98. The van der Waals surface area contributed by atoms with Gasteiger partial charge in [-0.15, -0.1) is 0 Å². The molecule has 8 heteroatoms. The van der Waals surface area contributed by atoms with E-state index in [2.05, 4.69) is 10.3 Å². The first-order valence-electron chi connectivity index (χ1n) is 10.00. The normalized spacial score (nSPS) is 12.5. The molecule has 0 saturated carbocycles. The van der Waals surface area contributed by atoms with Crippen molar-refractivity contribution in [1.29, 1.82) is 0 Å². The smallest absolute Gasteiger partial charge is 0.357 e. The Morgan fingerprint density at radius 1 is 1.10 bits per heavy atom. The number of anilines is 1. The maximum absolute atomic E-state index is 14.0. The number of hydrogen-bond acceptors (Lipinski definition) is 3. The van der Waals surface area contributed by atoms with Crippen molar-refractivity contribution in [2.24, 2.45) is 0 Å². The summed E-state index contributed by atoms with van der Waals surface area (Å²) in [5, 5.41) is 2.74. The molecule has 0 aliphatic rings. The van der Waals surface area contributed by atoms with E-state index in [9.17, 15) is 22.4 Å². The zero-order valence-electron chi connectivity index (χ0n) is 17.6. The largest absolute Gasteiger partial charge is 0.433 e. The van der Waals surface area contributed by atoms with E-state index in [1.165, 1.54) is 12.1 Å². The number of amides is 1. The molecule has 2 rings (SSSR count). The lowest BCUT2D eigenvalue weighted by atomic mass is 9.98. The number of carbonyl (C=O) groups is 1. The molecular formula is C22H27F4N3O. The van der Waals surface area contributed by atoms with Crippen molar-refractivity contribution in [2.75, 3.05) is 18.0 Å². The molecule has 0 aliphatic carbocycles. The molecule has 0 aliphatic heterocycles. The summed E-state index contributed by atoms with van der Waals surface area (Å²) in [5.74, 6) is -1.11. The molecule has 2 aromatic rings. The Kier molecular flexibility index (Phi) is 7.81. The van der Waals surface area contributed by atoms with Crippen LogP contribution in [0.3, 0.4) is 0 Å². The van der Waals surface area contributed by atoms with E-state index >= 15 is 0 Å². The second-order valence-electron chi connectivity index (χ2n) is 6.99. The van der Waals surface area contributed by atoms with Gasteiger partial charge in [-0.2, -0.15) is 13.2 Å². The van der Waals surface area contributed by atoms with Crippen LogP contribution < -0.4 is 10.2 Å². The molecule has 1 unspecified atom stereocenters. The number of aryl methyl sites for hydroxylation is 1. The van der Waals surface area contributed by atoms with Crippen molar-refractivity contribution >= 4 is 11.7 Å². The molecule has 1 heterocycles. The van der Waals surface area contributed by atoms with Crippen LogP contribution in [0, 0.1) is 5.82 Å². The molecule has 1 aromatic carbocycles. The van der Waals surface area contributed by atoms with Gasteiger partial charge in [0, 0.05) is 25.2 Å². The third-order valence-electron chi connectivity index (χ3n) is 5.11. The van der Waals surface area contributed by atoms with E-state index < -0.39 is 17.8 Å². The summed E-state index contributed by atoms with van der Waals surface area (Å²) in [6.45, 7) is 8.13. The number of hydrogen-bond donors (Lipinski definition) is 1. The monoisotopic (exact) mass is 425 g/mol. The maximum Gasteiger partial charge on any atom is 0.433 e. The number of nitrogens with zero attached hydrogens (tertiary/aromatic N) is 2. The van der Waals surface area contributed by atoms with E-state index in [1.54, 1.807) is 24.0 Å². The molecular weight excluding hydrogens is 398 g/mol. The maximum atomic E-state index is 14.0. The van der Waals surface area contributed by atoms with Crippen molar-refractivity contribution in [3.8, 4) is 0 Å². The molecule has 1 N–H and O–H groups in total. The van der Waals surface area contributed by atoms with Gasteiger partial charge in [-0.05, 0) is 50.5 Å². The van der Waals surface area contributed by atoms with E-state index in [0.29, 0.717) is 36.2 Å². The van der Waals surface area contributed by atoms with Crippen molar-refractivity contribution in [1.82, 2.24) is 10.3 Å². The van der Waals surface area contributed by atoms with Crippen LogP contribution in [0.5, 0.6) is 0 Å². The molecule has 30 heavy (non-hydrogen) atoms. The highest BCUT2D eigenvalue weighted by Crippen LogP contribution is 2.30. The number of alkyl halides is 3. The molecule has 0 fully saturated rings. The summed E-state index contributed by atoms with van der Waals surface area (Å²) < 4.78 is 53.3. The van der Waals surface area contributed by atoms with Gasteiger partial charge in [-0.3, -0.25) is 4.79 Å². The Morgan fingerprint density at radius 2 is 1.73 bits per heavy atom. The van der Waals surface area contributed by atoms with Crippen LogP contribution in [0.25, 0.3) is 0 Å². The highest BCUT2D eigenvalue weighted by Gasteiger charge is 2.33. The van der Waals surface area contributed by atoms with E-state index in [0.717, 1.165) is 6.07 Å². The Morgan fingerprint density at radius 3 is 2.27 bits per heavy atom. The molecule has 0 spiro atoms. The number of halogens is 4. The van der Waals surface area contributed by atoms with Gasteiger partial charge in [0.1, 0.15) is 17.3 Å². The van der Waals surface area contributed by atoms with Crippen LogP contribution in [0.2, 0.25) is 0 Å². The van der Waals surface area contributed by atoms with Crippen LogP contribution >= 0.6 is 0 Å². The fraction of sp³-hybridized carbons (Fsp3) is 0.455. The van der Waals surface area contributed by atoms with Gasteiger partial charge in [-0.1, -0.05) is 25.1 Å². The molecule has 4 nitrogen and oxygen atoms in total. The van der Waals surface area contributed by atoms with Crippen molar-refractivity contribution in [2.45, 2.75) is 52.8 Å². The molecule has 164 valence electrons. The van der Waals surface area contributed by atoms with Gasteiger partial charge in [0.25, 0.3) is 0 Å². The average molecular weight is 425 g/mol. The van der Waals surface area contributed by atoms with Crippen LogP contribution in [0.1, 0.15) is 56.0 Å². The first kappa shape index (κ1) is 23.6. The summed E-state index contributed by atoms with van der Waals surface area (Å²) in [7, 11) is 0. The Labute approximate surface area is 174 Å². The first-order chi connectivity index (χ1) is 14.1. The SMILES string of the molecule is CCc1ccc(C(C)C(=O)NCc2ccc(C(F)(F)F)nc2N(CC)CC)cc1F. The van der Waals surface area contributed by atoms with Crippen molar-refractivity contribution < 1.29 is 22.4 Å². The molecule has 1 aromatic heterocycles. The highest BCUT2D eigenvalue weighted by molar-refractivity contribution is 5.83.